The predicted octanol–water partition coefficient (Wildman–Crippen LogP) is 1.86. The summed E-state index contributed by atoms with van der Waals surface area (Å²) in [5.74, 6) is 0.389. The molecule has 1 aliphatic heterocycles. The number of rotatable bonds is 6. The lowest BCUT2D eigenvalue weighted by molar-refractivity contribution is -0.0951. The number of hydrogen-bond acceptors (Lipinski definition) is 4. The maximum atomic E-state index is 10.2. The van der Waals surface area contributed by atoms with Crippen molar-refractivity contribution in [2.24, 2.45) is 11.8 Å². The highest BCUT2D eigenvalue weighted by Gasteiger charge is 2.48. The van der Waals surface area contributed by atoms with E-state index in [1.165, 1.54) is 5.56 Å². The molecule has 1 heterocycles. The molecule has 0 bridgehead atoms. The molecule has 2 fully saturated rings. The van der Waals surface area contributed by atoms with Gasteiger partial charge in [0.15, 0.2) is 6.29 Å². The molecule has 6 atom stereocenters. The second kappa shape index (κ2) is 7.09. The lowest BCUT2D eigenvalue weighted by Crippen LogP contribution is -2.22. The van der Waals surface area contributed by atoms with Crippen molar-refractivity contribution in [2.45, 2.75) is 63.1 Å². The van der Waals surface area contributed by atoms with E-state index >= 15 is 0 Å². The number of aliphatic hydroxyl groups is 3. The van der Waals surface area contributed by atoms with E-state index in [1.807, 2.05) is 18.2 Å². The molecule has 4 heteroatoms. The molecular formula is C18H26O4. The molecule has 3 N–H and O–H groups in total. The van der Waals surface area contributed by atoms with E-state index in [9.17, 15) is 15.3 Å². The van der Waals surface area contributed by atoms with E-state index in [4.69, 9.17) is 4.74 Å². The average Bonchev–Trinajstić information content (AvgIpc) is 2.99. The van der Waals surface area contributed by atoms with Crippen LogP contribution in [0.15, 0.2) is 30.3 Å². The minimum absolute atomic E-state index is 0.00328. The molecule has 1 saturated heterocycles. The van der Waals surface area contributed by atoms with E-state index in [0.29, 0.717) is 19.3 Å². The van der Waals surface area contributed by atoms with Gasteiger partial charge in [-0.05, 0) is 43.1 Å². The van der Waals surface area contributed by atoms with Crippen LogP contribution in [0.25, 0.3) is 0 Å². The Labute approximate surface area is 131 Å². The van der Waals surface area contributed by atoms with Gasteiger partial charge in [0.25, 0.3) is 0 Å². The molecule has 0 amide bonds. The fourth-order valence-electron chi connectivity index (χ4n) is 4.04. The van der Waals surface area contributed by atoms with Gasteiger partial charge >= 0.3 is 0 Å². The molecular weight excluding hydrogens is 280 g/mol. The Morgan fingerprint density at radius 3 is 2.64 bits per heavy atom. The molecule has 1 aromatic carbocycles. The van der Waals surface area contributed by atoms with Gasteiger partial charge in [-0.1, -0.05) is 30.3 Å². The van der Waals surface area contributed by atoms with Crippen molar-refractivity contribution in [3.8, 4) is 0 Å². The molecule has 1 aromatic rings. The van der Waals surface area contributed by atoms with Crippen LogP contribution in [0.5, 0.6) is 0 Å². The first-order chi connectivity index (χ1) is 10.6. The van der Waals surface area contributed by atoms with Crippen LogP contribution >= 0.6 is 0 Å². The zero-order chi connectivity index (χ0) is 15.5. The summed E-state index contributed by atoms with van der Waals surface area (Å²) in [6.07, 6.45) is 3.00. The summed E-state index contributed by atoms with van der Waals surface area (Å²) < 4.78 is 5.43. The van der Waals surface area contributed by atoms with Crippen LogP contribution in [-0.4, -0.2) is 39.9 Å². The Bertz CT molecular complexity index is 463. The van der Waals surface area contributed by atoms with Crippen molar-refractivity contribution >= 4 is 0 Å². The molecule has 22 heavy (non-hydrogen) atoms. The summed E-state index contributed by atoms with van der Waals surface area (Å²) in [6, 6.07) is 10.2. The van der Waals surface area contributed by atoms with Crippen LogP contribution in [0.3, 0.4) is 0 Å². The number of hydrogen-bond donors (Lipinski definition) is 3. The van der Waals surface area contributed by atoms with Crippen molar-refractivity contribution in [2.75, 3.05) is 0 Å². The molecule has 1 saturated carbocycles. The van der Waals surface area contributed by atoms with Gasteiger partial charge < -0.3 is 20.1 Å². The smallest absolute Gasteiger partial charge is 0.155 e. The van der Waals surface area contributed by atoms with E-state index in [0.717, 1.165) is 19.3 Å². The third-order valence-electron chi connectivity index (χ3n) is 5.24. The standard InChI is InChI=1S/C18H26O4/c19-13(7-6-12-4-2-1-3-5-12)8-9-14-15-10-18(21)22-17(15)11-16(14)20/h1-5,13-21H,6-11H2/t13-,14+,15+,16+,17-,18?/m0/s1. The maximum absolute atomic E-state index is 10.2. The van der Waals surface area contributed by atoms with Gasteiger partial charge in [0.05, 0.1) is 18.3 Å². The zero-order valence-electron chi connectivity index (χ0n) is 12.8. The molecule has 1 unspecified atom stereocenters. The van der Waals surface area contributed by atoms with Crippen LogP contribution in [0.2, 0.25) is 0 Å². The van der Waals surface area contributed by atoms with Crippen LogP contribution < -0.4 is 0 Å². The first kappa shape index (κ1) is 15.9. The first-order valence-electron chi connectivity index (χ1n) is 8.37. The number of aryl methyl sites for hydroxylation is 1. The van der Waals surface area contributed by atoms with Crippen molar-refractivity contribution < 1.29 is 20.1 Å². The Morgan fingerprint density at radius 1 is 1.09 bits per heavy atom. The number of aliphatic hydroxyl groups excluding tert-OH is 3. The minimum atomic E-state index is -0.673. The summed E-state index contributed by atoms with van der Waals surface area (Å²) >= 11 is 0. The van der Waals surface area contributed by atoms with Gasteiger partial charge in [-0.25, -0.2) is 0 Å². The van der Waals surface area contributed by atoms with Crippen LogP contribution in [0.1, 0.15) is 37.7 Å². The second-order valence-corrected chi connectivity index (χ2v) is 6.75. The van der Waals surface area contributed by atoms with Crippen molar-refractivity contribution in [3.63, 3.8) is 0 Å². The minimum Gasteiger partial charge on any atom is -0.393 e. The number of ether oxygens (including phenoxy) is 1. The predicted molar refractivity (Wildman–Crippen MR) is 83.1 cm³/mol. The van der Waals surface area contributed by atoms with Gasteiger partial charge in [0.1, 0.15) is 0 Å². The molecule has 3 rings (SSSR count). The fraction of sp³-hybridized carbons (Fsp3) is 0.667. The summed E-state index contributed by atoms with van der Waals surface area (Å²) in [5, 5.41) is 29.9. The number of fused-ring (bicyclic) bond motifs is 1. The average molecular weight is 306 g/mol. The van der Waals surface area contributed by atoms with Crippen molar-refractivity contribution in [1.82, 2.24) is 0 Å². The van der Waals surface area contributed by atoms with Crippen LogP contribution in [0.4, 0.5) is 0 Å². The Hall–Kier alpha value is -0.940. The molecule has 0 spiro atoms. The molecule has 1 aliphatic carbocycles. The molecule has 0 aromatic heterocycles. The quantitative estimate of drug-likeness (QED) is 0.750. The highest BCUT2D eigenvalue weighted by atomic mass is 16.6. The van der Waals surface area contributed by atoms with E-state index in [2.05, 4.69) is 12.1 Å². The summed E-state index contributed by atoms with van der Waals surface area (Å²) in [7, 11) is 0. The van der Waals surface area contributed by atoms with Gasteiger partial charge in [0.2, 0.25) is 0 Å². The lowest BCUT2D eigenvalue weighted by Gasteiger charge is -2.21. The second-order valence-electron chi connectivity index (χ2n) is 6.75. The lowest BCUT2D eigenvalue weighted by atomic mass is 9.86. The zero-order valence-corrected chi connectivity index (χ0v) is 12.8. The molecule has 2 aliphatic rings. The van der Waals surface area contributed by atoms with Gasteiger partial charge in [0, 0.05) is 12.8 Å². The Balaban J connectivity index is 1.43. The maximum Gasteiger partial charge on any atom is 0.155 e. The highest BCUT2D eigenvalue weighted by molar-refractivity contribution is 5.14. The van der Waals surface area contributed by atoms with Crippen LogP contribution in [0, 0.1) is 11.8 Å². The van der Waals surface area contributed by atoms with Crippen molar-refractivity contribution in [3.05, 3.63) is 35.9 Å². The topological polar surface area (TPSA) is 69.9 Å². The van der Waals surface area contributed by atoms with E-state index in [-0.39, 0.29) is 30.1 Å². The largest absolute Gasteiger partial charge is 0.393 e. The van der Waals surface area contributed by atoms with Crippen LogP contribution in [-0.2, 0) is 11.2 Å². The molecule has 0 radical (unpaired) electrons. The normalized spacial score (nSPS) is 35.5. The van der Waals surface area contributed by atoms with Gasteiger partial charge in [-0.3, -0.25) is 0 Å². The Morgan fingerprint density at radius 2 is 1.86 bits per heavy atom. The van der Waals surface area contributed by atoms with Crippen molar-refractivity contribution in [1.29, 1.82) is 0 Å². The summed E-state index contributed by atoms with van der Waals surface area (Å²) in [4.78, 5) is 0. The fourth-order valence-corrected chi connectivity index (χ4v) is 4.04. The first-order valence-corrected chi connectivity index (χ1v) is 8.37. The van der Waals surface area contributed by atoms with Gasteiger partial charge in [-0.2, -0.15) is 0 Å². The van der Waals surface area contributed by atoms with Gasteiger partial charge in [-0.15, -0.1) is 0 Å². The Kier molecular flexibility index (Phi) is 5.14. The summed E-state index contributed by atoms with van der Waals surface area (Å²) in [5.41, 5.74) is 1.25. The SMILES string of the molecule is OC1C[C@@H]2[C@@H](CC[C@@H](O)CCc3ccccc3)[C@H](O)C[C@@H]2O1. The monoisotopic (exact) mass is 306 g/mol. The molecule has 122 valence electrons. The highest BCUT2D eigenvalue weighted by Crippen LogP contribution is 2.44. The third kappa shape index (κ3) is 3.69. The van der Waals surface area contributed by atoms with E-state index in [1.54, 1.807) is 0 Å². The number of benzene rings is 1. The van der Waals surface area contributed by atoms with E-state index < -0.39 is 6.29 Å². The summed E-state index contributed by atoms with van der Waals surface area (Å²) in [6.45, 7) is 0. The third-order valence-corrected chi connectivity index (χ3v) is 5.24. The molecule has 4 nitrogen and oxygen atoms in total.